The Balaban J connectivity index is 2.02. The van der Waals surface area contributed by atoms with Gasteiger partial charge in [-0.05, 0) is 35.7 Å². The molecule has 23 heavy (non-hydrogen) atoms. The summed E-state index contributed by atoms with van der Waals surface area (Å²) in [5, 5.41) is 2.46. The minimum Gasteiger partial charge on any atom is -0.451 e. The topological polar surface area (TPSA) is 27.1 Å². The first-order chi connectivity index (χ1) is 11.2. The molecule has 0 N–H and O–H groups in total. The van der Waals surface area contributed by atoms with Crippen LogP contribution in [0.2, 0.25) is 0 Å². The molecule has 0 aliphatic carbocycles. The maximum atomic E-state index is 6.07. The minimum atomic E-state index is 0.493. The largest absolute Gasteiger partial charge is 0.451 e. The number of ether oxygens (including phenoxy) is 1. The second-order valence-electron chi connectivity index (χ2n) is 6.35. The van der Waals surface area contributed by atoms with Crippen molar-refractivity contribution in [3.63, 3.8) is 0 Å². The molecule has 0 atom stereocenters. The Hall–Kier alpha value is -2.81. The fourth-order valence-corrected chi connectivity index (χ4v) is 3.46. The molecule has 112 valence electrons. The number of para-hydroxylation sites is 1. The third-order valence-electron chi connectivity index (χ3n) is 4.62. The molecule has 2 aromatic carbocycles. The summed E-state index contributed by atoms with van der Waals surface area (Å²) in [5.74, 6) is 3.06. The monoisotopic (exact) mass is 300 g/mol. The summed E-state index contributed by atoms with van der Waals surface area (Å²) >= 11 is 0. The average molecular weight is 300 g/mol. The molecule has 0 radical (unpaired) electrons. The molecule has 1 aliphatic heterocycles. The number of aromatic nitrogens is 2. The molecule has 5 rings (SSSR count). The highest BCUT2D eigenvalue weighted by Gasteiger charge is 2.24. The maximum absolute atomic E-state index is 6.07. The first kappa shape index (κ1) is 12.7. The molecule has 0 fully saturated rings. The van der Waals surface area contributed by atoms with Gasteiger partial charge in [0.2, 0.25) is 0 Å². The molecule has 3 heterocycles. The van der Waals surface area contributed by atoms with Crippen LogP contribution in [0.1, 0.15) is 25.3 Å². The highest BCUT2D eigenvalue weighted by Crippen LogP contribution is 2.44. The summed E-state index contributed by atoms with van der Waals surface area (Å²) in [6.45, 7) is 4.45. The standard InChI is InChI=1S/C20H16N2O/c1-12(2)13-8-9-14-15-5-3-6-17-19(15)22(16(14)11-13)20-18(23-17)7-4-10-21-20/h3-12H,1-2H3. The molecule has 0 amide bonds. The van der Waals surface area contributed by atoms with Gasteiger partial charge in [0, 0.05) is 17.0 Å². The number of hydrogen-bond donors (Lipinski definition) is 0. The van der Waals surface area contributed by atoms with E-state index in [0.717, 1.165) is 22.8 Å². The zero-order valence-corrected chi connectivity index (χ0v) is 13.1. The summed E-state index contributed by atoms with van der Waals surface area (Å²) in [5.41, 5.74) is 3.64. The lowest BCUT2D eigenvalue weighted by atomic mass is 10.0. The first-order valence-corrected chi connectivity index (χ1v) is 7.94. The molecule has 0 saturated carbocycles. The van der Waals surface area contributed by atoms with Gasteiger partial charge in [0.1, 0.15) is 0 Å². The first-order valence-electron chi connectivity index (χ1n) is 7.94. The number of benzene rings is 2. The smallest absolute Gasteiger partial charge is 0.181 e. The van der Waals surface area contributed by atoms with Crippen molar-refractivity contribution in [2.45, 2.75) is 19.8 Å². The van der Waals surface area contributed by atoms with Crippen LogP contribution in [0.25, 0.3) is 27.6 Å². The van der Waals surface area contributed by atoms with E-state index in [2.05, 4.69) is 53.7 Å². The highest BCUT2D eigenvalue weighted by molar-refractivity contribution is 6.12. The van der Waals surface area contributed by atoms with E-state index in [0.29, 0.717) is 5.92 Å². The summed E-state index contributed by atoms with van der Waals surface area (Å²) in [6.07, 6.45) is 1.82. The van der Waals surface area contributed by atoms with Crippen molar-refractivity contribution in [2.24, 2.45) is 0 Å². The van der Waals surface area contributed by atoms with Crippen LogP contribution in [0.3, 0.4) is 0 Å². The number of fused-ring (bicyclic) bond motifs is 5. The fourth-order valence-electron chi connectivity index (χ4n) is 3.46. The van der Waals surface area contributed by atoms with Crippen molar-refractivity contribution in [3.8, 4) is 17.3 Å². The van der Waals surface area contributed by atoms with Crippen LogP contribution in [0, 0.1) is 0 Å². The molecule has 0 saturated heterocycles. The van der Waals surface area contributed by atoms with Crippen molar-refractivity contribution in [3.05, 3.63) is 60.3 Å². The predicted molar refractivity (Wildman–Crippen MR) is 92.7 cm³/mol. The van der Waals surface area contributed by atoms with Gasteiger partial charge in [0.05, 0.1) is 11.0 Å². The van der Waals surface area contributed by atoms with Gasteiger partial charge in [-0.2, -0.15) is 0 Å². The Morgan fingerprint density at radius 3 is 2.70 bits per heavy atom. The highest BCUT2D eigenvalue weighted by atomic mass is 16.5. The van der Waals surface area contributed by atoms with Crippen molar-refractivity contribution in [1.29, 1.82) is 0 Å². The average Bonchev–Trinajstić information content (AvgIpc) is 2.91. The molecule has 2 aromatic heterocycles. The number of pyridine rings is 1. The van der Waals surface area contributed by atoms with Crippen LogP contribution in [-0.4, -0.2) is 9.55 Å². The van der Waals surface area contributed by atoms with Crippen molar-refractivity contribution >= 4 is 21.8 Å². The second kappa shape index (κ2) is 4.35. The van der Waals surface area contributed by atoms with Gasteiger partial charge in [0.25, 0.3) is 0 Å². The Morgan fingerprint density at radius 2 is 1.83 bits per heavy atom. The number of hydrogen-bond acceptors (Lipinski definition) is 2. The van der Waals surface area contributed by atoms with E-state index < -0.39 is 0 Å². The van der Waals surface area contributed by atoms with Crippen LogP contribution >= 0.6 is 0 Å². The minimum absolute atomic E-state index is 0.493. The van der Waals surface area contributed by atoms with E-state index in [-0.39, 0.29) is 0 Å². The molecule has 4 aromatic rings. The SMILES string of the molecule is CC(C)c1ccc2c3cccc4c3n(c2c1)-c1ncccc1O4. The van der Waals surface area contributed by atoms with Gasteiger partial charge in [-0.15, -0.1) is 0 Å². The summed E-state index contributed by atoms with van der Waals surface area (Å²) < 4.78 is 8.31. The number of rotatable bonds is 1. The zero-order valence-electron chi connectivity index (χ0n) is 13.1. The second-order valence-corrected chi connectivity index (χ2v) is 6.35. The third-order valence-corrected chi connectivity index (χ3v) is 4.62. The van der Waals surface area contributed by atoms with E-state index in [4.69, 9.17) is 4.74 Å². The molecule has 0 unspecified atom stereocenters. The Kier molecular flexibility index (Phi) is 2.41. The van der Waals surface area contributed by atoms with Crippen molar-refractivity contribution in [2.75, 3.05) is 0 Å². The van der Waals surface area contributed by atoms with Gasteiger partial charge in [0.15, 0.2) is 17.3 Å². The number of nitrogens with zero attached hydrogens (tertiary/aromatic N) is 2. The van der Waals surface area contributed by atoms with Crippen LogP contribution in [0.5, 0.6) is 11.5 Å². The van der Waals surface area contributed by atoms with E-state index in [1.54, 1.807) is 0 Å². The van der Waals surface area contributed by atoms with Gasteiger partial charge in [-0.3, -0.25) is 4.57 Å². The van der Waals surface area contributed by atoms with Crippen LogP contribution in [0.4, 0.5) is 0 Å². The van der Waals surface area contributed by atoms with Gasteiger partial charge < -0.3 is 4.74 Å². The fraction of sp³-hybridized carbons (Fsp3) is 0.150. The van der Waals surface area contributed by atoms with E-state index >= 15 is 0 Å². The molecular formula is C20H16N2O. The quantitative estimate of drug-likeness (QED) is 0.414. The van der Waals surface area contributed by atoms with E-state index in [9.17, 15) is 0 Å². The lowest BCUT2D eigenvalue weighted by Crippen LogP contribution is -2.06. The Morgan fingerprint density at radius 1 is 0.957 bits per heavy atom. The Bertz CT molecular complexity index is 1080. The van der Waals surface area contributed by atoms with Gasteiger partial charge in [-0.1, -0.05) is 38.1 Å². The van der Waals surface area contributed by atoms with E-state index in [1.807, 2.05) is 24.4 Å². The lowest BCUT2D eigenvalue weighted by molar-refractivity contribution is 0.473. The predicted octanol–water partition coefficient (Wildman–Crippen LogP) is 5.41. The van der Waals surface area contributed by atoms with Crippen LogP contribution in [-0.2, 0) is 0 Å². The Labute approximate surface area is 134 Å². The molecule has 0 bridgehead atoms. The molecule has 3 nitrogen and oxygen atoms in total. The summed E-state index contributed by atoms with van der Waals surface area (Å²) in [7, 11) is 0. The van der Waals surface area contributed by atoms with E-state index in [1.165, 1.54) is 21.9 Å². The van der Waals surface area contributed by atoms with Crippen molar-refractivity contribution in [1.82, 2.24) is 9.55 Å². The third kappa shape index (κ3) is 1.62. The van der Waals surface area contributed by atoms with Crippen LogP contribution < -0.4 is 4.74 Å². The zero-order chi connectivity index (χ0) is 15.6. The molecule has 3 heteroatoms. The molecule has 0 spiro atoms. The van der Waals surface area contributed by atoms with Gasteiger partial charge in [-0.25, -0.2) is 4.98 Å². The molecular weight excluding hydrogens is 284 g/mol. The summed E-state index contributed by atoms with van der Waals surface area (Å²) in [6, 6.07) is 16.9. The summed E-state index contributed by atoms with van der Waals surface area (Å²) in [4.78, 5) is 4.58. The molecule has 1 aliphatic rings. The van der Waals surface area contributed by atoms with Crippen LogP contribution in [0.15, 0.2) is 54.7 Å². The maximum Gasteiger partial charge on any atom is 0.181 e. The normalized spacial score (nSPS) is 12.7. The van der Waals surface area contributed by atoms with Gasteiger partial charge >= 0.3 is 0 Å². The lowest BCUT2D eigenvalue weighted by Gasteiger charge is -2.19. The van der Waals surface area contributed by atoms with Crippen molar-refractivity contribution < 1.29 is 4.74 Å².